The molecule has 24 heteroatoms. The van der Waals surface area contributed by atoms with Gasteiger partial charge in [0, 0.05) is 205 Å². The molecule has 5 N–H and O–H groups in total. The maximum absolute atomic E-state index is 13.5. The van der Waals surface area contributed by atoms with E-state index in [0.717, 1.165) is 201 Å². The average Bonchev–Trinajstić information content (AvgIpc) is 1.63. The van der Waals surface area contributed by atoms with Gasteiger partial charge in [-0.3, -0.25) is 49.5 Å². The van der Waals surface area contributed by atoms with Crippen LogP contribution in [0, 0.1) is 49.7 Å². The molecule has 5 aromatic heterocycles. The number of benzene rings is 5. The summed E-state index contributed by atoms with van der Waals surface area (Å²) in [5.74, 6) is 3.05. The molecule has 0 saturated heterocycles. The molecule has 10 aromatic rings. The third kappa shape index (κ3) is 16.9. The van der Waals surface area contributed by atoms with Gasteiger partial charge in [-0.2, -0.15) is 62.4 Å². The molecule has 0 amide bonds. The number of halogens is 7. The minimum atomic E-state index is -4.44. The van der Waals surface area contributed by atoms with Gasteiger partial charge in [0.25, 0.3) is 0 Å². The Morgan fingerprint density at radius 2 is 0.524 bits per heavy atom. The Bertz CT molecular complexity index is 6980. The van der Waals surface area contributed by atoms with Crippen molar-refractivity contribution < 1.29 is 50.3 Å². The van der Waals surface area contributed by atoms with Gasteiger partial charge in [-0.1, -0.05) is 188 Å². The summed E-state index contributed by atoms with van der Waals surface area (Å²) < 4.78 is 81.2. The zero-order valence-electron chi connectivity index (χ0n) is 84.4. The van der Waals surface area contributed by atoms with Gasteiger partial charge in [0.05, 0.1) is 68.3 Å². The monoisotopic (exact) mass is 1950 g/mol. The lowest BCUT2D eigenvalue weighted by atomic mass is 9.58. The van der Waals surface area contributed by atoms with Crippen LogP contribution in [0.15, 0.2) is 177 Å². The molecule has 5 atom stereocenters. The van der Waals surface area contributed by atoms with Crippen molar-refractivity contribution in [1.29, 1.82) is 10.5 Å². The highest BCUT2D eigenvalue weighted by atomic mass is 35.5. The molecule has 740 valence electrons. The molecule has 5 saturated carbocycles. The number of ketones is 5. The van der Waals surface area contributed by atoms with E-state index in [0.29, 0.717) is 108 Å². The quantitative estimate of drug-likeness (QED) is 0.0800. The summed E-state index contributed by atoms with van der Waals surface area (Å²) in [5, 5.41) is 59.3. The molecule has 15 aliphatic carbocycles. The Balaban J connectivity index is 0.000000106. The summed E-state index contributed by atoms with van der Waals surface area (Å²) in [7, 11) is 0. The van der Waals surface area contributed by atoms with Gasteiger partial charge in [-0.25, -0.2) is 0 Å². The van der Waals surface area contributed by atoms with E-state index >= 15 is 0 Å². The van der Waals surface area contributed by atoms with Crippen LogP contribution in [0.5, 0.6) is 0 Å². The van der Waals surface area contributed by atoms with E-state index in [2.05, 4.69) is 156 Å². The highest BCUT2D eigenvalue weighted by molar-refractivity contribution is 6.31. The molecule has 5 aromatic carbocycles. The summed E-state index contributed by atoms with van der Waals surface area (Å²) in [5.41, 5.74) is 26.4. The van der Waals surface area contributed by atoms with E-state index in [1.165, 1.54) is 102 Å². The fourth-order valence-electron chi connectivity index (χ4n) is 27.6. The minimum absolute atomic E-state index is 0.00809. The molecule has 25 rings (SSSR count). The molecule has 5 heterocycles. The Morgan fingerprint density at radius 1 is 0.301 bits per heavy atom. The number of nitriles is 2. The van der Waals surface area contributed by atoms with Gasteiger partial charge < -0.3 is 0 Å². The van der Waals surface area contributed by atoms with Crippen LogP contribution in [-0.2, 0) is 95.5 Å². The van der Waals surface area contributed by atoms with Crippen molar-refractivity contribution in [3.05, 3.63) is 317 Å². The van der Waals surface area contributed by atoms with Gasteiger partial charge in [-0.15, -0.1) is 0 Å². The Kier molecular flexibility index (Phi) is 23.2. The largest absolute Gasteiger partial charge is 0.416 e. The third-order valence-corrected chi connectivity index (χ3v) is 34.3. The fourth-order valence-corrected chi connectivity index (χ4v) is 27.9. The number of nitrogens with zero attached hydrogens (tertiary/aromatic N) is 7. The molecule has 0 aliphatic heterocycles. The Hall–Kier alpha value is -12.0. The first-order valence-corrected chi connectivity index (χ1v) is 51.7. The molecular formula is C119H125ClF6N12O5. The van der Waals surface area contributed by atoms with Crippen molar-refractivity contribution >= 4 is 40.5 Å². The van der Waals surface area contributed by atoms with Gasteiger partial charge in [0.2, 0.25) is 0 Å². The van der Waals surface area contributed by atoms with Crippen LogP contribution < -0.4 is 0 Å². The van der Waals surface area contributed by atoms with E-state index in [-0.39, 0.29) is 56.0 Å². The zero-order valence-corrected chi connectivity index (χ0v) is 85.2. The van der Waals surface area contributed by atoms with Crippen LogP contribution in [0.25, 0.3) is 0 Å². The van der Waals surface area contributed by atoms with Crippen LogP contribution in [0.2, 0.25) is 5.02 Å². The topological polar surface area (TPSA) is 276 Å². The first kappa shape index (κ1) is 97.1. The van der Waals surface area contributed by atoms with Gasteiger partial charge in [0.1, 0.15) is 0 Å². The molecule has 0 bridgehead atoms. The molecule has 0 spiro atoms. The van der Waals surface area contributed by atoms with Gasteiger partial charge in [-0.05, 0) is 228 Å². The number of fused-ring (bicyclic) bond motifs is 5. The zero-order chi connectivity index (χ0) is 101. The fraction of sp³-hybridized carbons (Fsp3) is 0.479. The first-order chi connectivity index (χ1) is 67.5. The van der Waals surface area contributed by atoms with E-state index in [1.807, 2.05) is 68.4 Å². The van der Waals surface area contributed by atoms with Crippen molar-refractivity contribution in [3.8, 4) is 12.1 Å². The molecule has 1 unspecified atom stereocenters. The van der Waals surface area contributed by atoms with E-state index in [4.69, 9.17) is 26.9 Å². The van der Waals surface area contributed by atoms with Crippen molar-refractivity contribution in [2.75, 3.05) is 0 Å². The maximum atomic E-state index is 13.5. The highest BCUT2D eigenvalue weighted by Gasteiger charge is 2.59. The predicted molar refractivity (Wildman–Crippen MR) is 535 cm³/mol. The summed E-state index contributed by atoms with van der Waals surface area (Å²) in [4.78, 5) is 67.2. The minimum Gasteiger partial charge on any atom is -0.294 e. The number of hydrogen-bond donors (Lipinski definition) is 5. The number of aromatic nitrogens is 10. The lowest BCUT2D eigenvalue weighted by Crippen LogP contribution is -2.41. The van der Waals surface area contributed by atoms with E-state index in [9.17, 15) is 60.8 Å². The number of carbonyl (C=O) groups excluding carboxylic acids is 5. The summed E-state index contributed by atoms with van der Waals surface area (Å²) in [6.07, 6.45) is 12.8. The number of rotatable bonds is 10. The second-order valence-electron chi connectivity index (χ2n) is 48.8. The number of Topliss-reactive ketones (excluding diaryl/α,β-unsaturated/α-hetero) is 5. The van der Waals surface area contributed by atoms with Crippen LogP contribution in [0.3, 0.4) is 0 Å². The van der Waals surface area contributed by atoms with Crippen LogP contribution in [0.4, 0.5) is 26.3 Å². The molecule has 17 nitrogen and oxygen atoms in total. The normalized spacial score (nSPS) is 26.0. The van der Waals surface area contributed by atoms with Crippen molar-refractivity contribution in [3.63, 3.8) is 0 Å². The lowest BCUT2D eigenvalue weighted by Gasteiger charge is -2.44. The molecule has 15 aliphatic rings. The van der Waals surface area contributed by atoms with Crippen molar-refractivity contribution in [1.82, 2.24) is 51.0 Å². The smallest absolute Gasteiger partial charge is 0.294 e. The maximum Gasteiger partial charge on any atom is 0.416 e. The molecular weight excluding hydrogens is 1830 g/mol. The number of allylic oxidation sites excluding steroid dienone is 10. The number of hydrogen-bond acceptors (Lipinski definition) is 12. The van der Waals surface area contributed by atoms with Crippen LogP contribution >= 0.6 is 11.6 Å². The number of nitrogens with one attached hydrogen (secondary N) is 5. The average molecular weight is 1950 g/mol. The molecule has 0 radical (unpaired) electrons. The van der Waals surface area contributed by atoms with Crippen LogP contribution in [-0.4, -0.2) is 79.9 Å². The highest BCUT2D eigenvalue weighted by Crippen LogP contribution is 2.64. The summed E-state index contributed by atoms with van der Waals surface area (Å²) in [6, 6.07) is 39.1. The standard InChI is InChI=1S/2C24H25F3N2O.2C24H25N3O.C23H25ClN2O/c2*1-22(2)11-14-9-17-20(21(29-28-17)13-7-8-13)23(3,19(14)18(30)12-22)15-5-4-6-16(10-15)24(25,26)27;2*1-23(2)11-16-10-18-21(22(27-26-18)15-7-8-15)24(3,20(16)19(28)12-23)17-6-4-5-14(9-17)13-25;1-22(2)11-14-10-17-20(21(26-25-17)13-8-9-13)23(3,19(14)18(27)12-22)15-6-4-5-7-16(15)24/h2*4-6,10,13H,7-9,11-12H2,1-3H3,(H,28,29);2*4-6,9,15H,7-8,10-12H2,1-3H3,(H,26,27);4-7,13H,8-12H2,1-3H3,(H,25,26)/t2*23-;2*24-;/m1010./s1. The number of alkyl halides is 6. The van der Waals surface area contributed by atoms with Crippen molar-refractivity contribution in [2.45, 2.75) is 333 Å². The SMILES string of the molecule is CC1(C)CC(=O)C2=C(Cc3[nH]nc(C4CC4)c3C2(C)c2ccccc2Cl)C1.CC1(C)CC(=O)C2=C(Cc3[nH]nc(C4CC4)c3[C@@]2(C)c2cccc(C#N)c2)C1.CC1(C)CC(=O)C2=C(Cc3[nH]nc(C4CC4)c3[C@@]2(C)c2cccc(C(F)(F)F)c2)C1.CC1(C)CC(=O)C2=C(Cc3[nH]nc(C4CC4)c3[C@]2(C)c2cccc(C#N)c2)C1.CC1(C)CC(=O)C2=C(Cc3[nH]nc(C4CC4)c3[C@]2(C)c2cccc(C(F)(F)F)c2)C1. The number of aromatic amines is 5. The Morgan fingerprint density at radius 3 is 0.755 bits per heavy atom. The second kappa shape index (κ2) is 34.1. The molecule has 5 fully saturated rings. The van der Waals surface area contributed by atoms with Crippen LogP contribution in [0.1, 0.15) is 397 Å². The number of carbonyl (C=O) groups is 5. The Labute approximate surface area is 836 Å². The van der Waals surface area contributed by atoms with Gasteiger partial charge >= 0.3 is 12.4 Å². The number of H-pyrrole nitrogens is 5. The first-order valence-electron chi connectivity index (χ1n) is 51.3. The third-order valence-electron chi connectivity index (χ3n) is 34.0. The summed E-state index contributed by atoms with van der Waals surface area (Å²) >= 11 is 6.70. The molecule has 143 heavy (non-hydrogen) atoms. The summed E-state index contributed by atoms with van der Waals surface area (Å²) in [6.45, 7) is 31.8. The lowest BCUT2D eigenvalue weighted by molar-refractivity contribution is -0.138. The predicted octanol–water partition coefficient (Wildman–Crippen LogP) is 26.6. The van der Waals surface area contributed by atoms with E-state index in [1.54, 1.807) is 12.1 Å². The van der Waals surface area contributed by atoms with Crippen molar-refractivity contribution in [2.24, 2.45) is 27.1 Å². The van der Waals surface area contributed by atoms with Gasteiger partial charge in [0.15, 0.2) is 28.9 Å². The van der Waals surface area contributed by atoms with E-state index < -0.39 is 50.6 Å². The second-order valence-corrected chi connectivity index (χ2v) is 49.2.